The lowest BCUT2D eigenvalue weighted by Crippen LogP contribution is -2.20. The number of anilines is 1. The van der Waals surface area contributed by atoms with Crippen LogP contribution in [0.15, 0.2) is 18.2 Å². The minimum Gasteiger partial charge on any atom is -0.348 e. The number of aryl methyl sites for hydroxylation is 2. The lowest BCUT2D eigenvalue weighted by Gasteiger charge is -2.15. The Kier molecular flexibility index (Phi) is 3.93. The van der Waals surface area contributed by atoms with E-state index in [4.69, 9.17) is 0 Å². The van der Waals surface area contributed by atoms with E-state index in [2.05, 4.69) is 16.8 Å². The van der Waals surface area contributed by atoms with E-state index in [0.717, 1.165) is 42.0 Å². The van der Waals surface area contributed by atoms with Crippen molar-refractivity contribution in [3.05, 3.63) is 46.0 Å². The maximum Gasteiger partial charge on any atom is 0.185 e. The molecule has 2 heterocycles. The third kappa shape index (κ3) is 3.23. The van der Waals surface area contributed by atoms with Crippen molar-refractivity contribution in [3.63, 3.8) is 0 Å². The second-order valence-electron chi connectivity index (χ2n) is 5.72. The van der Waals surface area contributed by atoms with Crippen LogP contribution in [0.4, 0.5) is 13.9 Å². The maximum absolute atomic E-state index is 13.2. The SMILES string of the molecule is Cc1nc(N2CCC(Cc3cc(F)cc(F)c3)C2)sc1C. The van der Waals surface area contributed by atoms with Crippen LogP contribution in [0.5, 0.6) is 0 Å². The van der Waals surface area contributed by atoms with Gasteiger partial charge in [0.25, 0.3) is 0 Å². The van der Waals surface area contributed by atoms with Gasteiger partial charge in [-0.3, -0.25) is 0 Å². The third-order valence-corrected chi connectivity index (χ3v) is 5.15. The second-order valence-corrected chi connectivity index (χ2v) is 6.90. The molecule has 2 aromatic rings. The summed E-state index contributed by atoms with van der Waals surface area (Å²) < 4.78 is 26.5. The molecule has 1 aromatic carbocycles. The summed E-state index contributed by atoms with van der Waals surface area (Å²) in [5.41, 5.74) is 1.83. The van der Waals surface area contributed by atoms with Crippen molar-refractivity contribution >= 4 is 16.5 Å². The number of rotatable bonds is 3. The largest absolute Gasteiger partial charge is 0.348 e. The predicted octanol–water partition coefficient (Wildman–Crippen LogP) is 4.11. The third-order valence-electron chi connectivity index (χ3n) is 4.02. The van der Waals surface area contributed by atoms with Crippen LogP contribution in [0.1, 0.15) is 22.6 Å². The number of hydrogen-bond acceptors (Lipinski definition) is 3. The molecule has 2 nitrogen and oxygen atoms in total. The average Bonchev–Trinajstić information content (AvgIpc) is 2.96. The Morgan fingerprint density at radius 2 is 1.95 bits per heavy atom. The Bertz CT molecular complexity index is 614. The molecular weight excluding hydrogens is 290 g/mol. The molecule has 1 saturated heterocycles. The summed E-state index contributed by atoms with van der Waals surface area (Å²) in [7, 11) is 0. The van der Waals surface area contributed by atoms with E-state index >= 15 is 0 Å². The van der Waals surface area contributed by atoms with Crippen molar-refractivity contribution in [1.29, 1.82) is 0 Å². The van der Waals surface area contributed by atoms with E-state index in [1.54, 1.807) is 11.3 Å². The van der Waals surface area contributed by atoms with Gasteiger partial charge in [0.15, 0.2) is 5.13 Å². The van der Waals surface area contributed by atoms with Gasteiger partial charge in [0.05, 0.1) is 5.69 Å². The molecule has 21 heavy (non-hydrogen) atoms. The highest BCUT2D eigenvalue weighted by Gasteiger charge is 2.25. The van der Waals surface area contributed by atoms with Crippen LogP contribution in [0.25, 0.3) is 0 Å². The minimum atomic E-state index is -0.494. The van der Waals surface area contributed by atoms with Gasteiger partial charge in [-0.15, -0.1) is 11.3 Å². The Morgan fingerprint density at radius 1 is 1.24 bits per heavy atom. The number of nitrogens with zero attached hydrogens (tertiary/aromatic N) is 2. The highest BCUT2D eigenvalue weighted by molar-refractivity contribution is 7.15. The first kappa shape index (κ1) is 14.4. The number of halogens is 2. The Labute approximate surface area is 127 Å². The van der Waals surface area contributed by atoms with Crippen molar-refractivity contribution in [2.75, 3.05) is 18.0 Å². The summed E-state index contributed by atoms with van der Waals surface area (Å²) in [6, 6.07) is 3.79. The lowest BCUT2D eigenvalue weighted by molar-refractivity contribution is 0.558. The maximum atomic E-state index is 13.2. The Balaban J connectivity index is 1.67. The van der Waals surface area contributed by atoms with Crippen LogP contribution < -0.4 is 4.90 Å². The fourth-order valence-electron chi connectivity index (χ4n) is 2.83. The molecule has 0 spiro atoms. The van der Waals surface area contributed by atoms with E-state index in [-0.39, 0.29) is 0 Å². The fraction of sp³-hybridized carbons (Fsp3) is 0.438. The van der Waals surface area contributed by atoms with Gasteiger partial charge in [0.1, 0.15) is 11.6 Å². The molecule has 3 rings (SSSR count). The zero-order valence-corrected chi connectivity index (χ0v) is 13.0. The van der Waals surface area contributed by atoms with Gasteiger partial charge >= 0.3 is 0 Å². The van der Waals surface area contributed by atoms with E-state index in [0.29, 0.717) is 12.3 Å². The van der Waals surface area contributed by atoms with Gasteiger partial charge in [-0.25, -0.2) is 13.8 Å². The molecule has 0 aliphatic carbocycles. The fourth-order valence-corrected chi connectivity index (χ4v) is 3.77. The monoisotopic (exact) mass is 308 g/mol. The molecule has 1 aliphatic heterocycles. The van der Waals surface area contributed by atoms with Crippen LogP contribution in [0, 0.1) is 31.4 Å². The van der Waals surface area contributed by atoms with Gasteiger partial charge in [0.2, 0.25) is 0 Å². The van der Waals surface area contributed by atoms with Crippen LogP contribution >= 0.6 is 11.3 Å². The van der Waals surface area contributed by atoms with E-state index < -0.39 is 11.6 Å². The highest BCUT2D eigenvalue weighted by atomic mass is 32.1. The standard InChI is InChI=1S/C16H18F2N2S/c1-10-11(2)21-16(19-10)20-4-3-12(9-20)5-13-6-14(17)8-15(18)7-13/h6-8,12H,3-5,9H2,1-2H3. The average molecular weight is 308 g/mol. The quantitative estimate of drug-likeness (QED) is 0.848. The molecule has 0 amide bonds. The zero-order chi connectivity index (χ0) is 15.0. The van der Waals surface area contributed by atoms with E-state index in [9.17, 15) is 8.78 Å². The Morgan fingerprint density at radius 3 is 2.57 bits per heavy atom. The predicted molar refractivity (Wildman–Crippen MR) is 82.0 cm³/mol. The van der Waals surface area contributed by atoms with Gasteiger partial charge < -0.3 is 4.90 Å². The summed E-state index contributed by atoms with van der Waals surface area (Å²) in [5.74, 6) is -0.562. The van der Waals surface area contributed by atoms with Gasteiger partial charge in [-0.2, -0.15) is 0 Å². The van der Waals surface area contributed by atoms with Crippen LogP contribution in [-0.2, 0) is 6.42 Å². The second kappa shape index (κ2) is 5.72. The van der Waals surface area contributed by atoms with Crippen molar-refractivity contribution in [1.82, 2.24) is 4.98 Å². The van der Waals surface area contributed by atoms with Gasteiger partial charge in [0, 0.05) is 24.0 Å². The first-order chi connectivity index (χ1) is 10.0. The molecule has 5 heteroatoms. The molecule has 0 radical (unpaired) electrons. The molecule has 1 aromatic heterocycles. The van der Waals surface area contributed by atoms with E-state index in [1.807, 2.05) is 6.92 Å². The molecule has 1 fully saturated rings. The molecule has 1 atom stereocenters. The summed E-state index contributed by atoms with van der Waals surface area (Å²) in [6.45, 7) is 5.98. The molecule has 1 aliphatic rings. The molecule has 0 bridgehead atoms. The normalized spacial score (nSPS) is 18.5. The highest BCUT2D eigenvalue weighted by Crippen LogP contribution is 2.31. The topological polar surface area (TPSA) is 16.1 Å². The van der Waals surface area contributed by atoms with Crippen molar-refractivity contribution in [2.45, 2.75) is 26.7 Å². The molecule has 0 saturated carbocycles. The molecule has 0 N–H and O–H groups in total. The molecule has 1 unspecified atom stereocenters. The molecular formula is C16H18F2N2S. The first-order valence-electron chi connectivity index (χ1n) is 7.15. The number of hydrogen-bond donors (Lipinski definition) is 0. The summed E-state index contributed by atoms with van der Waals surface area (Å²) >= 11 is 1.72. The summed E-state index contributed by atoms with van der Waals surface area (Å²) in [4.78, 5) is 8.12. The van der Waals surface area contributed by atoms with Crippen molar-refractivity contribution in [3.8, 4) is 0 Å². The lowest BCUT2D eigenvalue weighted by atomic mass is 9.98. The number of aromatic nitrogens is 1. The van der Waals surface area contributed by atoms with Crippen LogP contribution in [0.2, 0.25) is 0 Å². The first-order valence-corrected chi connectivity index (χ1v) is 7.97. The smallest absolute Gasteiger partial charge is 0.185 e. The van der Waals surface area contributed by atoms with E-state index in [1.165, 1.54) is 17.0 Å². The van der Waals surface area contributed by atoms with Crippen molar-refractivity contribution < 1.29 is 8.78 Å². The minimum absolute atomic E-state index is 0.427. The van der Waals surface area contributed by atoms with Crippen LogP contribution in [0.3, 0.4) is 0 Å². The zero-order valence-electron chi connectivity index (χ0n) is 12.2. The van der Waals surface area contributed by atoms with Crippen LogP contribution in [-0.4, -0.2) is 18.1 Å². The number of thiazole rings is 1. The summed E-state index contributed by atoms with van der Waals surface area (Å²) in [5, 5.41) is 1.07. The molecule has 112 valence electrons. The Hall–Kier alpha value is -1.49. The summed E-state index contributed by atoms with van der Waals surface area (Å²) in [6.07, 6.45) is 1.75. The van der Waals surface area contributed by atoms with Gasteiger partial charge in [-0.1, -0.05) is 0 Å². The number of benzene rings is 1. The van der Waals surface area contributed by atoms with Gasteiger partial charge in [-0.05, 0) is 50.3 Å². The van der Waals surface area contributed by atoms with Crippen molar-refractivity contribution in [2.24, 2.45) is 5.92 Å².